The second-order valence-corrected chi connectivity index (χ2v) is 3.88. The Bertz CT molecular complexity index is 281. The first-order valence-corrected chi connectivity index (χ1v) is 5.06. The Morgan fingerprint density at radius 2 is 2.50 bits per heavy atom. The van der Waals surface area contributed by atoms with Crippen LogP contribution in [0.15, 0.2) is 24.5 Å². The predicted octanol–water partition coefficient (Wildman–Crippen LogP) is 1.09. The lowest BCUT2D eigenvalue weighted by atomic mass is 9.77. The van der Waals surface area contributed by atoms with Crippen LogP contribution in [0, 0.1) is 0 Å². The van der Waals surface area contributed by atoms with Gasteiger partial charge in [0, 0.05) is 31.0 Å². The highest BCUT2D eigenvalue weighted by Crippen LogP contribution is 2.31. The van der Waals surface area contributed by atoms with Gasteiger partial charge in [-0.1, -0.05) is 6.07 Å². The number of aromatic nitrogens is 1. The molecule has 1 unspecified atom stereocenters. The molecule has 1 fully saturated rings. The minimum atomic E-state index is 0.00646. The quantitative estimate of drug-likeness (QED) is 0.763. The number of pyridine rings is 1. The number of rotatable bonds is 2. The van der Waals surface area contributed by atoms with Gasteiger partial charge in [0.15, 0.2) is 0 Å². The van der Waals surface area contributed by atoms with Crippen LogP contribution in [0.5, 0.6) is 0 Å². The lowest BCUT2D eigenvalue weighted by molar-refractivity contribution is 0.0376. The summed E-state index contributed by atoms with van der Waals surface area (Å²) in [6.07, 6.45) is 5.89. The van der Waals surface area contributed by atoms with Crippen LogP contribution in [-0.4, -0.2) is 24.7 Å². The van der Waals surface area contributed by atoms with Crippen LogP contribution in [0.4, 0.5) is 0 Å². The van der Waals surface area contributed by atoms with E-state index in [2.05, 4.69) is 11.1 Å². The molecule has 0 saturated carbocycles. The molecule has 1 aromatic rings. The van der Waals surface area contributed by atoms with Gasteiger partial charge >= 0.3 is 0 Å². The van der Waals surface area contributed by atoms with Crippen molar-refractivity contribution < 1.29 is 4.74 Å². The number of nitrogens with zero attached hydrogens (tertiary/aromatic N) is 1. The van der Waals surface area contributed by atoms with Gasteiger partial charge in [-0.25, -0.2) is 0 Å². The molecule has 0 bridgehead atoms. The Hall–Kier alpha value is -0.930. The van der Waals surface area contributed by atoms with Crippen molar-refractivity contribution in [3.63, 3.8) is 0 Å². The Morgan fingerprint density at radius 1 is 1.57 bits per heavy atom. The third-order valence-electron chi connectivity index (χ3n) is 2.99. The summed E-state index contributed by atoms with van der Waals surface area (Å²) in [5.41, 5.74) is 7.08. The fourth-order valence-corrected chi connectivity index (χ4v) is 2.04. The Kier molecular flexibility index (Phi) is 2.79. The third kappa shape index (κ3) is 1.65. The molecule has 14 heavy (non-hydrogen) atoms. The van der Waals surface area contributed by atoms with Crippen molar-refractivity contribution in [2.24, 2.45) is 5.73 Å². The Balaban J connectivity index is 2.27. The minimum Gasteiger partial charge on any atom is -0.380 e. The van der Waals surface area contributed by atoms with E-state index in [4.69, 9.17) is 10.5 Å². The monoisotopic (exact) mass is 192 g/mol. The van der Waals surface area contributed by atoms with Crippen LogP contribution < -0.4 is 5.73 Å². The van der Waals surface area contributed by atoms with Crippen LogP contribution in [0.3, 0.4) is 0 Å². The molecule has 0 radical (unpaired) electrons. The molecule has 0 aliphatic carbocycles. The third-order valence-corrected chi connectivity index (χ3v) is 2.99. The lowest BCUT2D eigenvalue weighted by Gasteiger charge is -2.36. The maximum atomic E-state index is 5.86. The molecule has 0 amide bonds. The lowest BCUT2D eigenvalue weighted by Crippen LogP contribution is -2.42. The summed E-state index contributed by atoms with van der Waals surface area (Å²) in [6.45, 7) is 2.23. The topological polar surface area (TPSA) is 48.1 Å². The Labute approximate surface area is 84.3 Å². The molecule has 0 aromatic carbocycles. The molecule has 3 nitrogen and oxygen atoms in total. The van der Waals surface area contributed by atoms with Gasteiger partial charge in [0.1, 0.15) is 0 Å². The van der Waals surface area contributed by atoms with Crippen LogP contribution in [0.25, 0.3) is 0 Å². The fraction of sp³-hybridized carbons (Fsp3) is 0.545. The largest absolute Gasteiger partial charge is 0.380 e. The molecule has 1 aliphatic heterocycles. The zero-order valence-electron chi connectivity index (χ0n) is 8.28. The van der Waals surface area contributed by atoms with Gasteiger partial charge in [-0.3, -0.25) is 4.98 Å². The van der Waals surface area contributed by atoms with Gasteiger partial charge in [-0.15, -0.1) is 0 Å². The highest BCUT2D eigenvalue weighted by molar-refractivity contribution is 5.23. The Morgan fingerprint density at radius 3 is 3.07 bits per heavy atom. The number of hydrogen-bond acceptors (Lipinski definition) is 3. The van der Waals surface area contributed by atoms with E-state index in [-0.39, 0.29) is 5.41 Å². The van der Waals surface area contributed by atoms with Crippen molar-refractivity contribution in [2.75, 3.05) is 19.8 Å². The average Bonchev–Trinajstić information content (AvgIpc) is 2.31. The number of nitrogens with two attached hydrogens (primary N) is 1. The van der Waals surface area contributed by atoms with Gasteiger partial charge in [0.2, 0.25) is 0 Å². The summed E-state index contributed by atoms with van der Waals surface area (Å²) in [5, 5.41) is 0. The molecule has 0 spiro atoms. The number of ether oxygens (including phenoxy) is 1. The van der Waals surface area contributed by atoms with Crippen LogP contribution in [0.1, 0.15) is 18.4 Å². The molecule has 1 atom stereocenters. The van der Waals surface area contributed by atoms with Crippen molar-refractivity contribution >= 4 is 0 Å². The summed E-state index contributed by atoms with van der Waals surface area (Å²) in [6, 6.07) is 4.05. The highest BCUT2D eigenvalue weighted by atomic mass is 16.5. The zero-order chi connectivity index (χ0) is 9.86. The molecule has 76 valence electrons. The van der Waals surface area contributed by atoms with Crippen molar-refractivity contribution in [3.8, 4) is 0 Å². The molecule has 3 heteroatoms. The van der Waals surface area contributed by atoms with Crippen LogP contribution in [-0.2, 0) is 10.2 Å². The molecular weight excluding hydrogens is 176 g/mol. The summed E-state index contributed by atoms with van der Waals surface area (Å²) in [5.74, 6) is 0. The van der Waals surface area contributed by atoms with E-state index in [0.29, 0.717) is 6.54 Å². The normalized spacial score (nSPS) is 27.5. The molecule has 2 rings (SSSR count). The number of hydrogen-bond donors (Lipinski definition) is 1. The van der Waals surface area contributed by atoms with Crippen molar-refractivity contribution in [2.45, 2.75) is 18.3 Å². The van der Waals surface area contributed by atoms with Gasteiger partial charge in [-0.05, 0) is 24.5 Å². The van der Waals surface area contributed by atoms with E-state index in [1.165, 1.54) is 5.56 Å². The maximum absolute atomic E-state index is 5.86. The second kappa shape index (κ2) is 4.07. The van der Waals surface area contributed by atoms with E-state index in [1.54, 1.807) is 6.20 Å². The highest BCUT2D eigenvalue weighted by Gasteiger charge is 2.33. The summed E-state index contributed by atoms with van der Waals surface area (Å²) in [7, 11) is 0. The molecule has 2 N–H and O–H groups in total. The first kappa shape index (κ1) is 9.62. The summed E-state index contributed by atoms with van der Waals surface area (Å²) in [4.78, 5) is 4.14. The van der Waals surface area contributed by atoms with Gasteiger partial charge in [0.05, 0.1) is 6.61 Å². The van der Waals surface area contributed by atoms with E-state index in [0.717, 1.165) is 26.1 Å². The predicted molar refractivity (Wildman–Crippen MR) is 55.0 cm³/mol. The molecule has 1 aromatic heterocycles. The van der Waals surface area contributed by atoms with Crippen molar-refractivity contribution in [1.29, 1.82) is 0 Å². The molecule has 1 saturated heterocycles. The first-order chi connectivity index (χ1) is 6.87. The van der Waals surface area contributed by atoms with Gasteiger partial charge < -0.3 is 10.5 Å². The standard InChI is InChI=1S/C11H16N2O/c12-8-11(4-2-6-14-9-11)10-3-1-5-13-7-10/h1,3,5,7H,2,4,6,8-9,12H2. The van der Waals surface area contributed by atoms with Gasteiger partial charge in [-0.2, -0.15) is 0 Å². The van der Waals surface area contributed by atoms with E-state index in [1.807, 2.05) is 12.3 Å². The van der Waals surface area contributed by atoms with Crippen molar-refractivity contribution in [1.82, 2.24) is 4.98 Å². The van der Waals surface area contributed by atoms with E-state index < -0.39 is 0 Å². The van der Waals surface area contributed by atoms with Crippen molar-refractivity contribution in [3.05, 3.63) is 30.1 Å². The molecular formula is C11H16N2O. The second-order valence-electron chi connectivity index (χ2n) is 3.88. The maximum Gasteiger partial charge on any atom is 0.0575 e. The summed E-state index contributed by atoms with van der Waals surface area (Å²) >= 11 is 0. The molecule has 2 heterocycles. The van der Waals surface area contributed by atoms with E-state index in [9.17, 15) is 0 Å². The zero-order valence-corrected chi connectivity index (χ0v) is 8.28. The SMILES string of the molecule is NCC1(c2cccnc2)CCCOC1. The summed E-state index contributed by atoms with van der Waals surface area (Å²) < 4.78 is 5.52. The van der Waals surface area contributed by atoms with Gasteiger partial charge in [0.25, 0.3) is 0 Å². The first-order valence-electron chi connectivity index (χ1n) is 5.06. The average molecular weight is 192 g/mol. The molecule has 1 aliphatic rings. The van der Waals surface area contributed by atoms with Crippen LogP contribution in [0.2, 0.25) is 0 Å². The van der Waals surface area contributed by atoms with E-state index >= 15 is 0 Å². The van der Waals surface area contributed by atoms with Crippen LogP contribution >= 0.6 is 0 Å². The minimum absolute atomic E-state index is 0.00646. The smallest absolute Gasteiger partial charge is 0.0575 e. The fourth-order valence-electron chi connectivity index (χ4n) is 2.04.